The highest BCUT2D eigenvalue weighted by Crippen LogP contribution is 2.26. The van der Waals surface area contributed by atoms with Gasteiger partial charge >= 0.3 is 0 Å². The summed E-state index contributed by atoms with van der Waals surface area (Å²) in [6, 6.07) is 5.80. The predicted molar refractivity (Wildman–Crippen MR) is 80.4 cm³/mol. The third-order valence-corrected chi connectivity index (χ3v) is 4.46. The molecule has 0 aliphatic heterocycles. The van der Waals surface area contributed by atoms with Gasteiger partial charge in [-0.25, -0.2) is 8.78 Å². The lowest BCUT2D eigenvalue weighted by molar-refractivity contribution is 0.0945. The maximum Gasteiger partial charge on any atom is 0.251 e. The molecule has 3 N–H and O–H groups in total. The Kier molecular flexibility index (Phi) is 4.27. The number of carbonyl (C=O) groups excluding carboxylic acids is 1. The summed E-state index contributed by atoms with van der Waals surface area (Å²) in [6.07, 6.45) is 0. The van der Waals surface area contributed by atoms with E-state index in [4.69, 9.17) is 5.73 Å². The Morgan fingerprint density at radius 1 is 1.33 bits per heavy atom. The van der Waals surface area contributed by atoms with Gasteiger partial charge in [0.1, 0.15) is 17.3 Å². The summed E-state index contributed by atoms with van der Waals surface area (Å²) in [5, 5.41) is 4.66. The zero-order valence-corrected chi connectivity index (χ0v) is 12.6. The van der Waals surface area contributed by atoms with Crippen LogP contribution in [0.3, 0.4) is 0 Å². The highest BCUT2D eigenvalue weighted by atomic mass is 32.1. The van der Waals surface area contributed by atoms with Crippen LogP contribution in [0.15, 0.2) is 29.6 Å². The average molecular weight is 310 g/mol. The molecule has 0 saturated carbocycles. The van der Waals surface area contributed by atoms with E-state index in [1.807, 2.05) is 31.4 Å². The van der Waals surface area contributed by atoms with Crippen LogP contribution in [0.4, 0.5) is 14.5 Å². The Hall–Kier alpha value is -1.95. The van der Waals surface area contributed by atoms with E-state index in [0.29, 0.717) is 6.54 Å². The summed E-state index contributed by atoms with van der Waals surface area (Å²) in [7, 11) is 0. The molecule has 0 aliphatic rings. The van der Waals surface area contributed by atoms with Crippen molar-refractivity contribution in [3.63, 3.8) is 0 Å². The number of anilines is 1. The Morgan fingerprint density at radius 2 is 1.95 bits per heavy atom. The number of nitrogen functional groups attached to an aromatic ring is 1. The molecule has 1 aromatic carbocycles. The van der Waals surface area contributed by atoms with E-state index >= 15 is 0 Å². The second-order valence-corrected chi connectivity index (χ2v) is 6.35. The zero-order valence-electron chi connectivity index (χ0n) is 11.7. The van der Waals surface area contributed by atoms with Crippen molar-refractivity contribution >= 4 is 22.9 Å². The third-order valence-electron chi connectivity index (χ3n) is 3.22. The topological polar surface area (TPSA) is 55.1 Å². The van der Waals surface area contributed by atoms with Crippen LogP contribution >= 0.6 is 11.3 Å². The van der Waals surface area contributed by atoms with Crippen LogP contribution < -0.4 is 11.1 Å². The SMILES string of the molecule is CC(C)(CNC(=O)c1cc(F)c(N)c(F)c1)c1cccs1. The van der Waals surface area contributed by atoms with Crippen molar-refractivity contribution in [2.75, 3.05) is 12.3 Å². The van der Waals surface area contributed by atoms with Crippen molar-refractivity contribution in [1.29, 1.82) is 0 Å². The van der Waals surface area contributed by atoms with E-state index < -0.39 is 23.2 Å². The first-order valence-electron chi connectivity index (χ1n) is 6.38. The van der Waals surface area contributed by atoms with Gasteiger partial charge < -0.3 is 11.1 Å². The molecule has 6 heteroatoms. The van der Waals surface area contributed by atoms with E-state index in [0.717, 1.165) is 17.0 Å². The van der Waals surface area contributed by atoms with Crippen molar-refractivity contribution in [2.24, 2.45) is 0 Å². The van der Waals surface area contributed by atoms with Gasteiger partial charge in [0.05, 0.1) is 0 Å². The van der Waals surface area contributed by atoms with E-state index in [-0.39, 0.29) is 11.0 Å². The number of hydrogen-bond donors (Lipinski definition) is 2. The minimum Gasteiger partial charge on any atom is -0.394 e. The molecule has 1 heterocycles. The molecule has 1 aromatic heterocycles. The maximum absolute atomic E-state index is 13.4. The second-order valence-electron chi connectivity index (χ2n) is 5.40. The number of amides is 1. The molecule has 0 fully saturated rings. The first kappa shape index (κ1) is 15.4. The number of thiophene rings is 1. The van der Waals surface area contributed by atoms with Crippen LogP contribution in [0.5, 0.6) is 0 Å². The molecule has 0 atom stereocenters. The number of nitrogens with two attached hydrogens (primary N) is 1. The van der Waals surface area contributed by atoms with Gasteiger partial charge in [-0.05, 0) is 23.6 Å². The van der Waals surface area contributed by atoms with Crippen molar-refractivity contribution in [3.8, 4) is 0 Å². The fraction of sp³-hybridized carbons (Fsp3) is 0.267. The van der Waals surface area contributed by atoms with Crippen LogP contribution in [-0.4, -0.2) is 12.5 Å². The highest BCUT2D eigenvalue weighted by molar-refractivity contribution is 7.10. The molecule has 112 valence electrons. The summed E-state index contributed by atoms with van der Waals surface area (Å²) < 4.78 is 26.7. The Morgan fingerprint density at radius 3 is 2.48 bits per heavy atom. The van der Waals surface area contributed by atoms with Crippen molar-refractivity contribution < 1.29 is 13.6 Å². The monoisotopic (exact) mass is 310 g/mol. The van der Waals surface area contributed by atoms with Gasteiger partial charge in [-0.15, -0.1) is 11.3 Å². The molecule has 1 amide bonds. The molecule has 3 nitrogen and oxygen atoms in total. The summed E-state index contributed by atoms with van der Waals surface area (Å²) >= 11 is 1.60. The zero-order chi connectivity index (χ0) is 15.6. The smallest absolute Gasteiger partial charge is 0.251 e. The van der Waals surface area contributed by atoms with Crippen LogP contribution in [0.2, 0.25) is 0 Å². The molecular weight excluding hydrogens is 294 g/mol. The number of benzene rings is 1. The molecule has 21 heavy (non-hydrogen) atoms. The van der Waals surface area contributed by atoms with Gasteiger partial charge in [0.25, 0.3) is 5.91 Å². The van der Waals surface area contributed by atoms with Gasteiger partial charge in [-0.3, -0.25) is 4.79 Å². The molecule has 0 saturated heterocycles. The second kappa shape index (κ2) is 5.81. The first-order chi connectivity index (χ1) is 9.81. The molecule has 2 aromatic rings. The lowest BCUT2D eigenvalue weighted by atomic mass is 9.91. The van der Waals surface area contributed by atoms with E-state index in [9.17, 15) is 13.6 Å². The van der Waals surface area contributed by atoms with Crippen molar-refractivity contribution in [2.45, 2.75) is 19.3 Å². The van der Waals surface area contributed by atoms with Crippen LogP contribution in [0, 0.1) is 11.6 Å². The molecule has 0 aliphatic carbocycles. The van der Waals surface area contributed by atoms with Gasteiger partial charge in [0.15, 0.2) is 0 Å². The Balaban J connectivity index is 2.09. The van der Waals surface area contributed by atoms with Crippen molar-refractivity contribution in [3.05, 3.63) is 51.7 Å². The van der Waals surface area contributed by atoms with Gasteiger partial charge in [0.2, 0.25) is 0 Å². The molecule has 0 unspecified atom stereocenters. The van der Waals surface area contributed by atoms with E-state index in [2.05, 4.69) is 5.32 Å². The average Bonchev–Trinajstić information content (AvgIpc) is 2.96. The van der Waals surface area contributed by atoms with Gasteiger partial charge in [0, 0.05) is 22.4 Å². The molecule has 0 spiro atoms. The number of halogens is 2. The largest absolute Gasteiger partial charge is 0.394 e. The number of hydrogen-bond acceptors (Lipinski definition) is 3. The van der Waals surface area contributed by atoms with Gasteiger partial charge in [-0.1, -0.05) is 19.9 Å². The van der Waals surface area contributed by atoms with E-state index in [1.54, 1.807) is 11.3 Å². The fourth-order valence-corrected chi connectivity index (χ4v) is 2.72. The molecule has 0 radical (unpaired) electrons. The minimum absolute atomic E-state index is 0.0822. The number of nitrogens with one attached hydrogen (secondary N) is 1. The first-order valence-corrected chi connectivity index (χ1v) is 7.26. The number of rotatable bonds is 4. The van der Waals surface area contributed by atoms with Gasteiger partial charge in [-0.2, -0.15) is 0 Å². The normalized spacial score (nSPS) is 11.4. The summed E-state index contributed by atoms with van der Waals surface area (Å²) in [4.78, 5) is 13.1. The lowest BCUT2D eigenvalue weighted by Gasteiger charge is -2.23. The molecule has 2 rings (SSSR count). The summed E-state index contributed by atoms with van der Waals surface area (Å²) in [5.74, 6) is -2.40. The Labute approximate surface area is 125 Å². The standard InChI is InChI=1S/C15H16F2N2OS/c1-15(2,12-4-3-5-21-12)8-19-14(20)9-6-10(16)13(18)11(17)7-9/h3-7H,8,18H2,1-2H3,(H,19,20). The summed E-state index contributed by atoms with van der Waals surface area (Å²) in [6.45, 7) is 4.34. The van der Waals surface area contributed by atoms with Crippen LogP contribution in [0.25, 0.3) is 0 Å². The fourth-order valence-electron chi connectivity index (χ4n) is 1.87. The Bertz CT molecular complexity index is 631. The van der Waals surface area contributed by atoms with Crippen LogP contribution in [-0.2, 0) is 5.41 Å². The minimum atomic E-state index is -0.933. The molecule has 0 bridgehead atoms. The highest BCUT2D eigenvalue weighted by Gasteiger charge is 2.23. The van der Waals surface area contributed by atoms with E-state index in [1.165, 1.54) is 0 Å². The quantitative estimate of drug-likeness (QED) is 0.851. The third kappa shape index (κ3) is 3.39. The number of carbonyl (C=O) groups is 1. The predicted octanol–water partition coefficient (Wildman–Crippen LogP) is 3.32. The maximum atomic E-state index is 13.4. The molecular formula is C15H16F2N2OS. The van der Waals surface area contributed by atoms with Crippen molar-refractivity contribution in [1.82, 2.24) is 5.32 Å². The lowest BCUT2D eigenvalue weighted by Crippen LogP contribution is -2.36. The van der Waals surface area contributed by atoms with Crippen LogP contribution in [0.1, 0.15) is 29.1 Å². The summed E-state index contributed by atoms with van der Waals surface area (Å²) in [5.41, 5.74) is 4.26.